The van der Waals surface area contributed by atoms with Crippen LogP contribution in [0.15, 0.2) is 36.5 Å². The van der Waals surface area contributed by atoms with Crippen LogP contribution in [0.5, 0.6) is 5.88 Å². The van der Waals surface area contributed by atoms with E-state index in [0.717, 1.165) is 35.4 Å². The molecule has 19 heteroatoms. The number of carbonyl (C=O) groups excluding carboxylic acids is 1. The summed E-state index contributed by atoms with van der Waals surface area (Å²) in [7, 11) is -12.1. The number of pyridine rings is 1. The molecule has 0 radical (unpaired) electrons. The number of amides is 1. The van der Waals surface area contributed by atoms with Crippen molar-refractivity contribution in [1.29, 1.82) is 0 Å². The first-order valence-electron chi connectivity index (χ1n) is 11.9. The molecule has 42 heavy (non-hydrogen) atoms. The average molecular weight is 645 g/mol. The highest BCUT2D eigenvalue weighted by atomic mass is 32.2. The quantitative estimate of drug-likeness (QED) is 0.211. The minimum atomic E-state index is -6.09. The largest absolute Gasteiger partial charge is 0.534 e. The molecule has 1 atom stereocenters. The van der Waals surface area contributed by atoms with Gasteiger partial charge in [0.2, 0.25) is 5.88 Å². The normalized spacial score (nSPS) is 17.1. The topological polar surface area (TPSA) is 138 Å². The molecule has 0 spiro atoms. The standard InChI is InChI=1S/C23H22F6N4O7S2/c1-21(2,3)39-20(34)32-10-4-5-16(32)19-30-12-17(33(19)41(35,36)22(24,25)26)14-6-8-15-13(11-14)7-9-18(31-15)40-42(37,38)23(27,28)29/h6-9,11-12,16H,4-5,10H2,1-3H3/t16-/m0/s1. The summed E-state index contributed by atoms with van der Waals surface area (Å²) in [6.07, 6.45) is 0.433. The van der Waals surface area contributed by atoms with Crippen LogP contribution in [0.4, 0.5) is 31.1 Å². The molecular formula is C23H22F6N4O7S2. The van der Waals surface area contributed by atoms with E-state index < -0.39 is 66.3 Å². The molecule has 1 aliphatic heterocycles. The zero-order valence-electron chi connectivity index (χ0n) is 21.9. The number of likely N-dealkylation sites (tertiary alicyclic amines) is 1. The Labute approximate surface area is 235 Å². The molecule has 0 unspecified atom stereocenters. The molecule has 0 aliphatic carbocycles. The molecule has 1 saturated heterocycles. The Morgan fingerprint density at radius 3 is 2.24 bits per heavy atom. The van der Waals surface area contributed by atoms with Crippen LogP contribution in [0.2, 0.25) is 0 Å². The number of ether oxygens (including phenoxy) is 1. The number of halogens is 6. The Morgan fingerprint density at radius 2 is 1.64 bits per heavy atom. The van der Waals surface area contributed by atoms with Crippen molar-refractivity contribution in [3.05, 3.63) is 42.4 Å². The number of hydrogen-bond donors (Lipinski definition) is 0. The number of imidazole rings is 1. The zero-order chi connectivity index (χ0) is 31.5. The molecule has 1 fully saturated rings. The minimum absolute atomic E-state index is 0.00232. The molecule has 230 valence electrons. The van der Waals surface area contributed by atoms with Crippen molar-refractivity contribution >= 4 is 37.1 Å². The van der Waals surface area contributed by atoms with Gasteiger partial charge < -0.3 is 8.92 Å². The highest BCUT2D eigenvalue weighted by Crippen LogP contribution is 2.39. The van der Waals surface area contributed by atoms with Gasteiger partial charge in [-0.25, -0.2) is 18.7 Å². The SMILES string of the molecule is CC(C)(C)OC(=O)N1CCC[C@H]1c1ncc(-c2ccc3nc(OS(=O)(=O)C(F)(F)F)ccc3c2)n1S(=O)(=O)C(F)(F)F. The van der Waals surface area contributed by atoms with E-state index >= 15 is 0 Å². The summed E-state index contributed by atoms with van der Waals surface area (Å²) in [6, 6.07) is 4.07. The van der Waals surface area contributed by atoms with Crippen LogP contribution in [0.1, 0.15) is 45.5 Å². The van der Waals surface area contributed by atoms with Gasteiger partial charge in [0.25, 0.3) is 0 Å². The van der Waals surface area contributed by atoms with Gasteiger partial charge in [-0.1, -0.05) is 6.07 Å². The lowest BCUT2D eigenvalue weighted by atomic mass is 10.1. The second kappa shape index (κ2) is 10.3. The molecular weight excluding hydrogens is 622 g/mol. The molecule has 1 aromatic carbocycles. The summed E-state index contributed by atoms with van der Waals surface area (Å²) < 4.78 is 137. The number of carbonyl (C=O) groups is 1. The number of fused-ring (bicyclic) bond motifs is 1. The Morgan fingerprint density at radius 1 is 0.976 bits per heavy atom. The van der Waals surface area contributed by atoms with Crippen LogP contribution in [0.3, 0.4) is 0 Å². The number of nitrogens with zero attached hydrogens (tertiary/aromatic N) is 4. The van der Waals surface area contributed by atoms with Crippen LogP contribution in [-0.4, -0.2) is 64.9 Å². The molecule has 1 amide bonds. The Kier molecular flexibility index (Phi) is 7.67. The molecule has 1 aliphatic rings. The Balaban J connectivity index is 1.80. The second-order valence-electron chi connectivity index (χ2n) is 10.1. The molecule has 2 aromatic heterocycles. The van der Waals surface area contributed by atoms with Crippen LogP contribution in [0.25, 0.3) is 22.2 Å². The summed E-state index contributed by atoms with van der Waals surface area (Å²) in [5.74, 6) is -1.51. The average Bonchev–Trinajstić information content (AvgIpc) is 3.48. The van der Waals surface area contributed by atoms with Crippen molar-refractivity contribution in [2.45, 2.75) is 56.3 Å². The highest BCUT2D eigenvalue weighted by molar-refractivity contribution is 7.90. The monoisotopic (exact) mass is 644 g/mol. The van der Waals surface area contributed by atoms with E-state index in [-0.39, 0.29) is 33.4 Å². The summed E-state index contributed by atoms with van der Waals surface area (Å²) in [6.45, 7) is 4.83. The summed E-state index contributed by atoms with van der Waals surface area (Å²) >= 11 is 0. The summed E-state index contributed by atoms with van der Waals surface area (Å²) in [5.41, 5.74) is -13.2. The second-order valence-corrected chi connectivity index (χ2v) is 13.4. The van der Waals surface area contributed by atoms with Gasteiger partial charge in [-0.15, -0.1) is 0 Å². The van der Waals surface area contributed by atoms with Gasteiger partial charge in [0.15, 0.2) is 0 Å². The van der Waals surface area contributed by atoms with E-state index in [2.05, 4.69) is 14.2 Å². The van der Waals surface area contributed by atoms with Crippen LogP contribution in [-0.2, 0) is 24.9 Å². The smallest absolute Gasteiger partial charge is 0.444 e. The molecule has 4 rings (SSSR count). The molecule has 3 heterocycles. The third kappa shape index (κ3) is 5.97. The van der Waals surface area contributed by atoms with Crippen molar-refractivity contribution in [2.24, 2.45) is 0 Å². The van der Waals surface area contributed by atoms with Gasteiger partial charge in [-0.3, -0.25) is 4.90 Å². The maximum atomic E-state index is 13.9. The summed E-state index contributed by atoms with van der Waals surface area (Å²) in [4.78, 5) is 21.5. The van der Waals surface area contributed by atoms with Crippen LogP contribution >= 0.6 is 0 Å². The fraction of sp³-hybridized carbons (Fsp3) is 0.435. The third-order valence-corrected chi connectivity index (χ3v) is 8.30. The lowest BCUT2D eigenvalue weighted by molar-refractivity contribution is -0.0501. The zero-order valence-corrected chi connectivity index (χ0v) is 23.5. The lowest BCUT2D eigenvalue weighted by Gasteiger charge is -2.28. The van der Waals surface area contributed by atoms with Crippen molar-refractivity contribution in [2.75, 3.05) is 6.54 Å². The number of benzene rings is 1. The molecule has 0 bridgehead atoms. The number of aromatic nitrogens is 3. The Bertz CT molecular complexity index is 1750. The lowest BCUT2D eigenvalue weighted by Crippen LogP contribution is -2.39. The van der Waals surface area contributed by atoms with E-state index in [1.165, 1.54) is 6.07 Å². The fourth-order valence-corrected chi connectivity index (χ4v) is 5.62. The fourth-order valence-electron chi connectivity index (χ4n) is 4.17. The van der Waals surface area contributed by atoms with Gasteiger partial charge in [0.1, 0.15) is 11.4 Å². The first-order chi connectivity index (χ1) is 19.1. The van der Waals surface area contributed by atoms with Crippen LogP contribution < -0.4 is 4.18 Å². The maximum absolute atomic E-state index is 13.9. The van der Waals surface area contributed by atoms with Crippen molar-refractivity contribution in [1.82, 2.24) is 18.8 Å². The van der Waals surface area contributed by atoms with E-state index in [1.807, 2.05) is 0 Å². The van der Waals surface area contributed by atoms with E-state index in [0.29, 0.717) is 6.42 Å². The van der Waals surface area contributed by atoms with Crippen molar-refractivity contribution in [3.8, 4) is 17.1 Å². The Hall–Kier alpha value is -3.61. The number of hydrogen-bond acceptors (Lipinski definition) is 9. The summed E-state index contributed by atoms with van der Waals surface area (Å²) in [5, 5.41) is 0.0826. The number of alkyl halides is 6. The van der Waals surface area contributed by atoms with E-state index in [9.17, 15) is 48.0 Å². The predicted molar refractivity (Wildman–Crippen MR) is 134 cm³/mol. The van der Waals surface area contributed by atoms with Gasteiger partial charge >= 0.3 is 37.3 Å². The van der Waals surface area contributed by atoms with Crippen molar-refractivity contribution in [3.63, 3.8) is 0 Å². The maximum Gasteiger partial charge on any atom is 0.534 e. The first kappa shape index (κ1) is 31.3. The van der Waals surface area contributed by atoms with Crippen LogP contribution in [0, 0.1) is 0 Å². The molecule has 0 N–H and O–H groups in total. The van der Waals surface area contributed by atoms with Gasteiger partial charge in [-0.2, -0.15) is 43.2 Å². The highest BCUT2D eigenvalue weighted by Gasteiger charge is 2.51. The van der Waals surface area contributed by atoms with Gasteiger partial charge in [0, 0.05) is 23.6 Å². The molecule has 11 nitrogen and oxygen atoms in total. The molecule has 0 saturated carbocycles. The minimum Gasteiger partial charge on any atom is -0.444 e. The van der Waals surface area contributed by atoms with E-state index in [1.54, 1.807) is 20.8 Å². The van der Waals surface area contributed by atoms with Gasteiger partial charge in [-0.05, 0) is 51.8 Å². The first-order valence-corrected chi connectivity index (χ1v) is 14.8. The molecule has 3 aromatic rings. The third-order valence-electron chi connectivity index (χ3n) is 5.90. The predicted octanol–water partition coefficient (Wildman–Crippen LogP) is 5.10. The number of rotatable bonds is 5. The van der Waals surface area contributed by atoms with E-state index in [4.69, 9.17) is 4.74 Å². The van der Waals surface area contributed by atoms with Gasteiger partial charge in [0.05, 0.1) is 23.4 Å². The van der Waals surface area contributed by atoms with Crippen molar-refractivity contribution < 1.29 is 56.9 Å².